The highest BCUT2D eigenvalue weighted by Crippen LogP contribution is 2.30. The summed E-state index contributed by atoms with van der Waals surface area (Å²) in [7, 11) is 2.34. The van der Waals surface area contributed by atoms with Crippen molar-refractivity contribution in [3.8, 4) is 5.75 Å². The Morgan fingerprint density at radius 1 is 1.05 bits per heavy atom. The first-order valence-corrected chi connectivity index (χ1v) is 15.8. The molecule has 1 aromatic rings. The Hall–Kier alpha value is -1.68. The number of methoxy groups -OCH3 is 1. The summed E-state index contributed by atoms with van der Waals surface area (Å²) in [5.74, 6) is 2.09. The number of sulfone groups is 1. The van der Waals surface area contributed by atoms with Crippen molar-refractivity contribution in [3.63, 3.8) is 0 Å². The summed E-state index contributed by atoms with van der Waals surface area (Å²) < 4.78 is 30.1. The normalized spacial score (nSPS) is 19.2. The number of fused-ring (bicyclic) bond motifs is 1. The van der Waals surface area contributed by atoms with Crippen LogP contribution < -0.4 is 10.1 Å². The van der Waals surface area contributed by atoms with Gasteiger partial charge in [-0.25, -0.2) is 8.42 Å². The molecule has 0 aromatic heterocycles. The predicted octanol–water partition coefficient (Wildman–Crippen LogP) is 2.42. The van der Waals surface area contributed by atoms with Gasteiger partial charge in [-0.05, 0) is 101 Å². The van der Waals surface area contributed by atoms with Gasteiger partial charge in [-0.15, -0.1) is 0 Å². The summed E-state index contributed by atoms with van der Waals surface area (Å²) in [5.41, 5.74) is 2.94. The van der Waals surface area contributed by atoms with E-state index in [0.717, 1.165) is 50.6 Å². The number of benzene rings is 1. The summed E-state index contributed by atoms with van der Waals surface area (Å²) in [6.45, 7) is 5.09. The van der Waals surface area contributed by atoms with Gasteiger partial charge in [0.05, 0.1) is 12.9 Å². The number of amides is 1. The molecule has 1 heterocycles. The van der Waals surface area contributed by atoms with Gasteiger partial charge in [0.25, 0.3) is 0 Å². The molecule has 1 unspecified atom stereocenters. The Bertz CT molecular complexity index is 954. The number of aryl methyl sites for hydroxylation is 1. The molecule has 1 atom stereocenters. The summed E-state index contributed by atoms with van der Waals surface area (Å²) in [4.78, 5) is 18.3. The Labute approximate surface area is 224 Å². The summed E-state index contributed by atoms with van der Waals surface area (Å²) in [6, 6.07) is 6.51. The van der Waals surface area contributed by atoms with Crippen LogP contribution in [0, 0.1) is 5.92 Å². The van der Waals surface area contributed by atoms with E-state index in [1.54, 1.807) is 7.11 Å². The lowest BCUT2D eigenvalue weighted by Crippen LogP contribution is -2.37. The highest BCUT2D eigenvalue weighted by Gasteiger charge is 2.24. The predicted molar refractivity (Wildman–Crippen MR) is 150 cm³/mol. The van der Waals surface area contributed by atoms with Crippen molar-refractivity contribution in [2.45, 2.75) is 51.4 Å². The Morgan fingerprint density at radius 3 is 2.65 bits per heavy atom. The van der Waals surface area contributed by atoms with Crippen LogP contribution >= 0.6 is 0 Å². The SMILES string of the molecule is COc1ccc2c(c1)CCC(CCCNCCCCN1CCN(CS(=O)(=O)CCN(C)C)CCC1=O)C2. The first-order valence-electron chi connectivity index (χ1n) is 14.0. The van der Waals surface area contributed by atoms with E-state index in [4.69, 9.17) is 4.74 Å². The fourth-order valence-electron chi connectivity index (χ4n) is 5.31. The fourth-order valence-corrected chi connectivity index (χ4v) is 6.90. The summed E-state index contributed by atoms with van der Waals surface area (Å²) in [6.07, 6.45) is 8.50. The number of hydrogen-bond donors (Lipinski definition) is 1. The number of hydrogen-bond acceptors (Lipinski definition) is 7. The van der Waals surface area contributed by atoms with E-state index in [1.807, 2.05) is 28.8 Å². The van der Waals surface area contributed by atoms with Crippen LogP contribution in [-0.2, 0) is 27.5 Å². The van der Waals surface area contributed by atoms with Gasteiger partial charge in [-0.2, -0.15) is 0 Å². The van der Waals surface area contributed by atoms with Crippen LogP contribution in [0.15, 0.2) is 18.2 Å². The molecule has 37 heavy (non-hydrogen) atoms. The molecular formula is C28H48N4O4S. The van der Waals surface area contributed by atoms with Gasteiger partial charge in [0.1, 0.15) is 11.6 Å². The highest BCUT2D eigenvalue weighted by atomic mass is 32.2. The van der Waals surface area contributed by atoms with E-state index < -0.39 is 9.84 Å². The molecule has 1 saturated heterocycles. The molecule has 210 valence electrons. The molecule has 1 N–H and O–H groups in total. The lowest BCUT2D eigenvalue weighted by atomic mass is 9.81. The van der Waals surface area contributed by atoms with Crippen LogP contribution in [0.1, 0.15) is 49.7 Å². The molecule has 1 amide bonds. The molecule has 9 heteroatoms. The monoisotopic (exact) mass is 536 g/mol. The number of nitrogens with one attached hydrogen (secondary N) is 1. The van der Waals surface area contributed by atoms with Crippen molar-refractivity contribution in [1.29, 1.82) is 0 Å². The zero-order chi connectivity index (χ0) is 26.7. The molecule has 0 bridgehead atoms. The maximum Gasteiger partial charge on any atom is 0.223 e. The molecule has 8 nitrogen and oxygen atoms in total. The number of carbonyl (C=O) groups is 1. The average molecular weight is 537 g/mol. The molecule has 0 radical (unpaired) electrons. The molecule has 0 spiro atoms. The fraction of sp³-hybridized carbons (Fsp3) is 0.750. The van der Waals surface area contributed by atoms with Crippen molar-refractivity contribution in [2.75, 3.05) is 78.6 Å². The van der Waals surface area contributed by atoms with Crippen molar-refractivity contribution in [2.24, 2.45) is 5.92 Å². The maximum atomic E-state index is 12.5. The van der Waals surface area contributed by atoms with Gasteiger partial charge in [-0.3, -0.25) is 9.69 Å². The van der Waals surface area contributed by atoms with E-state index >= 15 is 0 Å². The second-order valence-electron chi connectivity index (χ2n) is 11.0. The molecule has 2 aliphatic rings. The molecule has 0 saturated carbocycles. The smallest absolute Gasteiger partial charge is 0.223 e. The van der Waals surface area contributed by atoms with Crippen molar-refractivity contribution in [1.82, 2.24) is 20.0 Å². The average Bonchev–Trinajstić information content (AvgIpc) is 3.04. The van der Waals surface area contributed by atoms with E-state index in [2.05, 4.69) is 23.5 Å². The number of nitrogens with zero attached hydrogens (tertiary/aromatic N) is 3. The third kappa shape index (κ3) is 10.5. The Morgan fingerprint density at radius 2 is 1.86 bits per heavy atom. The van der Waals surface area contributed by atoms with Gasteiger partial charge >= 0.3 is 0 Å². The van der Waals surface area contributed by atoms with E-state index in [0.29, 0.717) is 32.6 Å². The van der Waals surface area contributed by atoms with E-state index in [9.17, 15) is 13.2 Å². The number of carbonyl (C=O) groups excluding carboxylic acids is 1. The molecule has 1 aromatic carbocycles. The minimum atomic E-state index is -3.14. The topological polar surface area (TPSA) is 82.2 Å². The number of ether oxygens (including phenoxy) is 1. The molecule has 1 fully saturated rings. The van der Waals surface area contributed by atoms with Gasteiger partial charge in [-0.1, -0.05) is 6.07 Å². The van der Waals surface area contributed by atoms with Crippen LogP contribution in [0.2, 0.25) is 0 Å². The largest absolute Gasteiger partial charge is 0.497 e. The van der Waals surface area contributed by atoms with Crippen LogP contribution in [-0.4, -0.2) is 108 Å². The Kier molecular flexibility index (Phi) is 12.1. The second kappa shape index (κ2) is 15.0. The first kappa shape index (κ1) is 29.9. The van der Waals surface area contributed by atoms with Gasteiger partial charge in [0.15, 0.2) is 9.84 Å². The highest BCUT2D eigenvalue weighted by molar-refractivity contribution is 7.91. The van der Waals surface area contributed by atoms with Crippen molar-refractivity contribution < 1.29 is 17.9 Å². The quantitative estimate of drug-likeness (QED) is 0.345. The molecule has 3 rings (SSSR count). The zero-order valence-corrected chi connectivity index (χ0v) is 24.0. The molecular weight excluding hydrogens is 488 g/mol. The standard InChI is InChI=1S/C28H48N4O4S/c1-30(2)19-20-37(34,35)23-31-16-12-28(33)32(18-17-31)15-5-4-13-29-14-6-7-24-8-9-26-22-27(36-3)11-10-25(26)21-24/h10-11,22,24,29H,4-9,12-21,23H2,1-3H3. The number of unbranched alkanes of at least 4 members (excludes halogenated alkanes) is 1. The third-order valence-electron chi connectivity index (χ3n) is 7.65. The van der Waals surface area contributed by atoms with E-state index in [-0.39, 0.29) is 17.5 Å². The minimum Gasteiger partial charge on any atom is -0.497 e. The first-order chi connectivity index (χ1) is 17.8. The summed E-state index contributed by atoms with van der Waals surface area (Å²) >= 11 is 0. The molecule has 1 aliphatic carbocycles. The second-order valence-corrected chi connectivity index (χ2v) is 13.1. The van der Waals surface area contributed by atoms with Gasteiger partial charge < -0.3 is 19.9 Å². The van der Waals surface area contributed by atoms with Crippen LogP contribution in [0.4, 0.5) is 0 Å². The third-order valence-corrected chi connectivity index (χ3v) is 9.21. The van der Waals surface area contributed by atoms with Crippen LogP contribution in [0.25, 0.3) is 0 Å². The Balaban J connectivity index is 1.24. The van der Waals surface area contributed by atoms with Crippen molar-refractivity contribution in [3.05, 3.63) is 29.3 Å². The van der Waals surface area contributed by atoms with Crippen molar-refractivity contribution >= 4 is 15.7 Å². The van der Waals surface area contributed by atoms with Crippen LogP contribution in [0.3, 0.4) is 0 Å². The molecule has 1 aliphatic heterocycles. The van der Waals surface area contributed by atoms with Gasteiger partial charge in [0.2, 0.25) is 5.91 Å². The van der Waals surface area contributed by atoms with Crippen LogP contribution in [0.5, 0.6) is 5.75 Å². The lowest BCUT2D eigenvalue weighted by Gasteiger charge is -2.25. The maximum absolute atomic E-state index is 12.5. The van der Waals surface area contributed by atoms with E-state index in [1.165, 1.54) is 36.8 Å². The zero-order valence-electron chi connectivity index (χ0n) is 23.2. The lowest BCUT2D eigenvalue weighted by molar-refractivity contribution is -0.130. The summed E-state index contributed by atoms with van der Waals surface area (Å²) in [5, 5.41) is 3.57. The van der Waals surface area contributed by atoms with Gasteiger partial charge in [0, 0.05) is 39.1 Å². The minimum absolute atomic E-state index is 0.0496. The number of rotatable bonds is 15.